The second-order valence-electron chi connectivity index (χ2n) is 9.31. The number of rotatable bonds is 22. The molecular formula is C27H52O4. The van der Waals surface area contributed by atoms with Crippen LogP contribution in [0.5, 0.6) is 0 Å². The molecule has 0 aliphatic rings. The van der Waals surface area contributed by atoms with Crippen LogP contribution in [0.25, 0.3) is 0 Å². The molecule has 0 spiro atoms. The van der Waals surface area contributed by atoms with E-state index in [1.807, 2.05) is 13.8 Å². The second-order valence-corrected chi connectivity index (χ2v) is 9.31. The van der Waals surface area contributed by atoms with Crippen molar-refractivity contribution < 1.29 is 19.1 Å². The molecule has 1 unspecified atom stereocenters. The van der Waals surface area contributed by atoms with Crippen molar-refractivity contribution >= 4 is 11.9 Å². The van der Waals surface area contributed by atoms with Crippen LogP contribution in [0.15, 0.2) is 0 Å². The van der Waals surface area contributed by atoms with Crippen molar-refractivity contribution in [1.29, 1.82) is 0 Å². The van der Waals surface area contributed by atoms with E-state index in [1.54, 1.807) is 6.92 Å². The predicted molar refractivity (Wildman–Crippen MR) is 130 cm³/mol. The fourth-order valence-electron chi connectivity index (χ4n) is 3.88. The van der Waals surface area contributed by atoms with E-state index in [2.05, 4.69) is 6.92 Å². The zero-order chi connectivity index (χ0) is 23.2. The normalized spacial score (nSPS) is 12.2. The third-order valence-electron chi connectivity index (χ3n) is 5.87. The number of esters is 2. The molecule has 31 heavy (non-hydrogen) atoms. The minimum atomic E-state index is -0.779. The molecule has 184 valence electrons. The Morgan fingerprint density at radius 3 is 1.35 bits per heavy atom. The van der Waals surface area contributed by atoms with Gasteiger partial charge in [-0.1, -0.05) is 124 Å². The smallest absolute Gasteiger partial charge is 0.347 e. The molecule has 0 rings (SSSR count). The van der Waals surface area contributed by atoms with Gasteiger partial charge in [0.2, 0.25) is 6.10 Å². The summed E-state index contributed by atoms with van der Waals surface area (Å²) in [5, 5.41) is 0. The van der Waals surface area contributed by atoms with Gasteiger partial charge in [0.1, 0.15) is 0 Å². The van der Waals surface area contributed by atoms with Crippen LogP contribution in [0.4, 0.5) is 0 Å². The Hall–Kier alpha value is -1.06. The lowest BCUT2D eigenvalue weighted by Crippen LogP contribution is -2.33. The summed E-state index contributed by atoms with van der Waals surface area (Å²) in [4.78, 5) is 23.9. The van der Waals surface area contributed by atoms with Crippen LogP contribution in [0, 0.1) is 5.92 Å². The van der Waals surface area contributed by atoms with Crippen molar-refractivity contribution in [3.05, 3.63) is 0 Å². The third kappa shape index (κ3) is 19.4. The van der Waals surface area contributed by atoms with E-state index >= 15 is 0 Å². The van der Waals surface area contributed by atoms with Crippen molar-refractivity contribution in [1.82, 2.24) is 0 Å². The average molecular weight is 441 g/mol. The molecule has 0 bridgehead atoms. The van der Waals surface area contributed by atoms with Gasteiger partial charge in [0.15, 0.2) is 0 Å². The molecule has 0 aliphatic carbocycles. The fraction of sp³-hybridized carbons (Fsp3) is 0.926. The molecule has 4 heteroatoms. The molecule has 0 heterocycles. The Morgan fingerprint density at radius 2 is 1.00 bits per heavy atom. The van der Waals surface area contributed by atoms with Crippen molar-refractivity contribution in [3.8, 4) is 0 Å². The molecule has 0 aromatic carbocycles. The number of unbranched alkanes of at least 4 members (excludes halogenated alkanes) is 16. The highest BCUT2D eigenvalue weighted by Crippen LogP contribution is 2.15. The minimum absolute atomic E-state index is 0.0708. The van der Waals surface area contributed by atoms with Gasteiger partial charge in [-0.3, -0.25) is 4.79 Å². The Kier molecular flexibility index (Phi) is 21.4. The highest BCUT2D eigenvalue weighted by atomic mass is 16.6. The molecule has 0 aromatic heterocycles. The highest BCUT2D eigenvalue weighted by Gasteiger charge is 2.27. The molecule has 0 saturated carbocycles. The Balaban J connectivity index is 3.44. The first-order valence-corrected chi connectivity index (χ1v) is 13.4. The summed E-state index contributed by atoms with van der Waals surface area (Å²) < 4.78 is 10.3. The summed E-state index contributed by atoms with van der Waals surface area (Å²) in [7, 11) is 0. The van der Waals surface area contributed by atoms with E-state index < -0.39 is 12.1 Å². The lowest BCUT2D eigenvalue weighted by atomic mass is 10.0. The summed E-state index contributed by atoms with van der Waals surface area (Å²) in [5.41, 5.74) is 0. The van der Waals surface area contributed by atoms with Crippen LogP contribution < -0.4 is 0 Å². The molecule has 0 amide bonds. The molecule has 0 radical (unpaired) electrons. The van der Waals surface area contributed by atoms with Crippen LogP contribution in [-0.2, 0) is 19.1 Å². The number of carbonyl (C=O) groups excluding carboxylic acids is 2. The second kappa shape index (κ2) is 22.1. The molecule has 1 atom stereocenters. The maximum Gasteiger partial charge on any atom is 0.347 e. The summed E-state index contributed by atoms with van der Waals surface area (Å²) >= 11 is 0. The molecule has 0 aromatic rings. The van der Waals surface area contributed by atoms with Crippen molar-refractivity contribution in [2.75, 3.05) is 6.61 Å². The maximum atomic E-state index is 12.0. The van der Waals surface area contributed by atoms with E-state index in [4.69, 9.17) is 9.47 Å². The van der Waals surface area contributed by atoms with E-state index in [0.29, 0.717) is 13.0 Å². The monoisotopic (exact) mass is 440 g/mol. The molecule has 0 aliphatic heterocycles. The van der Waals surface area contributed by atoms with Gasteiger partial charge in [0.05, 0.1) is 6.61 Å². The van der Waals surface area contributed by atoms with Crippen molar-refractivity contribution in [3.63, 3.8) is 0 Å². The quantitative estimate of drug-likeness (QED) is 0.126. The molecule has 0 saturated heterocycles. The lowest BCUT2D eigenvalue weighted by molar-refractivity contribution is -0.170. The van der Waals surface area contributed by atoms with Gasteiger partial charge >= 0.3 is 11.9 Å². The van der Waals surface area contributed by atoms with Crippen molar-refractivity contribution in [2.45, 2.75) is 149 Å². The first-order valence-electron chi connectivity index (χ1n) is 13.4. The van der Waals surface area contributed by atoms with Gasteiger partial charge in [0.25, 0.3) is 0 Å². The minimum Gasteiger partial charge on any atom is -0.463 e. The summed E-state index contributed by atoms with van der Waals surface area (Å²) in [5.74, 6) is -0.792. The first kappa shape index (κ1) is 29.9. The van der Waals surface area contributed by atoms with Crippen LogP contribution >= 0.6 is 0 Å². The van der Waals surface area contributed by atoms with Crippen LogP contribution in [0.2, 0.25) is 0 Å². The standard InChI is InChI=1S/C27H52O4/c1-5-7-8-9-10-11-12-13-14-15-16-17-18-19-20-21-22-23-25(28)31-26(24(3)4)27(29)30-6-2/h24,26H,5-23H2,1-4H3. The predicted octanol–water partition coefficient (Wildman–Crippen LogP) is 8.16. The van der Waals surface area contributed by atoms with Crippen molar-refractivity contribution in [2.24, 2.45) is 5.92 Å². The Morgan fingerprint density at radius 1 is 0.613 bits per heavy atom. The lowest BCUT2D eigenvalue weighted by Gasteiger charge is -2.19. The highest BCUT2D eigenvalue weighted by molar-refractivity contribution is 5.79. The SMILES string of the molecule is CCCCCCCCCCCCCCCCCCCC(=O)OC(C(=O)OCC)C(C)C. The van der Waals surface area contributed by atoms with Gasteiger partial charge in [-0.25, -0.2) is 4.79 Å². The van der Waals surface area contributed by atoms with E-state index in [0.717, 1.165) is 12.8 Å². The zero-order valence-corrected chi connectivity index (χ0v) is 21.2. The summed E-state index contributed by atoms with van der Waals surface area (Å²) in [6.45, 7) is 8.07. The van der Waals surface area contributed by atoms with Crippen LogP contribution in [-0.4, -0.2) is 24.6 Å². The zero-order valence-electron chi connectivity index (χ0n) is 21.2. The largest absolute Gasteiger partial charge is 0.463 e. The number of ether oxygens (including phenoxy) is 2. The third-order valence-corrected chi connectivity index (χ3v) is 5.87. The molecule has 0 fully saturated rings. The fourth-order valence-corrected chi connectivity index (χ4v) is 3.88. The first-order chi connectivity index (χ1) is 15.0. The Bertz CT molecular complexity index is 419. The molecule has 4 nitrogen and oxygen atoms in total. The van der Waals surface area contributed by atoms with Gasteiger partial charge in [0, 0.05) is 12.3 Å². The van der Waals surface area contributed by atoms with E-state index in [1.165, 1.54) is 96.3 Å². The number of hydrogen-bond donors (Lipinski definition) is 0. The Labute approximate surface area is 193 Å². The maximum absolute atomic E-state index is 12.0. The van der Waals surface area contributed by atoms with Crippen LogP contribution in [0.3, 0.4) is 0 Å². The van der Waals surface area contributed by atoms with Gasteiger partial charge < -0.3 is 9.47 Å². The number of carbonyl (C=O) groups is 2. The topological polar surface area (TPSA) is 52.6 Å². The molecular weight excluding hydrogens is 388 g/mol. The summed E-state index contributed by atoms with van der Waals surface area (Å²) in [6.07, 6.45) is 22.0. The van der Waals surface area contributed by atoms with E-state index in [9.17, 15) is 9.59 Å². The summed E-state index contributed by atoms with van der Waals surface area (Å²) in [6, 6.07) is 0. The van der Waals surface area contributed by atoms with Gasteiger partial charge in [-0.15, -0.1) is 0 Å². The average Bonchev–Trinajstić information content (AvgIpc) is 2.74. The molecule has 0 N–H and O–H groups in total. The van der Waals surface area contributed by atoms with Crippen LogP contribution in [0.1, 0.15) is 143 Å². The number of hydrogen-bond acceptors (Lipinski definition) is 4. The van der Waals surface area contributed by atoms with E-state index in [-0.39, 0.29) is 11.9 Å². The van der Waals surface area contributed by atoms with Gasteiger partial charge in [-0.2, -0.15) is 0 Å². The van der Waals surface area contributed by atoms with Gasteiger partial charge in [-0.05, 0) is 13.3 Å².